The summed E-state index contributed by atoms with van der Waals surface area (Å²) in [4.78, 5) is 2.37. The molecule has 7 aromatic carbocycles. The minimum absolute atomic E-state index is 0.0550. The van der Waals surface area contributed by atoms with E-state index in [0.717, 1.165) is 28.5 Å². The maximum atomic E-state index is 6.32. The van der Waals surface area contributed by atoms with Crippen molar-refractivity contribution in [2.24, 2.45) is 0 Å². The number of hydrogen-bond donors (Lipinski definition) is 0. The first-order chi connectivity index (χ1) is 24.3. The van der Waals surface area contributed by atoms with Crippen LogP contribution in [0.3, 0.4) is 0 Å². The highest BCUT2D eigenvalue weighted by Gasteiger charge is 2.33. The molecule has 11 rings (SSSR count). The number of nitrogens with zero attached hydrogens (tertiary/aromatic N) is 2. The first-order valence-corrected chi connectivity index (χ1v) is 17.0. The molecule has 0 amide bonds. The Hall–Kier alpha value is -6.32. The van der Waals surface area contributed by atoms with E-state index in [0.29, 0.717) is 0 Å². The highest BCUT2D eigenvalue weighted by molar-refractivity contribution is 6.30. The number of allylic oxidation sites excluding steroid dienone is 2. The molecular formula is C46H30N2O. The van der Waals surface area contributed by atoms with Crippen molar-refractivity contribution in [3.8, 4) is 33.7 Å². The highest BCUT2D eigenvalue weighted by Crippen LogP contribution is 2.50. The normalized spacial score (nSPS) is 16.6. The molecule has 49 heavy (non-hydrogen) atoms. The summed E-state index contributed by atoms with van der Waals surface area (Å²) in [5.74, 6) is 1.19. The summed E-state index contributed by atoms with van der Waals surface area (Å²) in [6.45, 7) is 0. The number of fused-ring (bicyclic) bond motifs is 6. The summed E-state index contributed by atoms with van der Waals surface area (Å²) >= 11 is 0. The molecule has 3 heteroatoms. The second kappa shape index (κ2) is 10.1. The Balaban J connectivity index is 1.15. The quantitative estimate of drug-likeness (QED) is 0.193. The molecule has 0 N–H and O–H groups in total. The molecule has 1 aliphatic heterocycles. The van der Waals surface area contributed by atoms with Gasteiger partial charge in [-0.1, -0.05) is 103 Å². The zero-order valence-corrected chi connectivity index (χ0v) is 26.6. The van der Waals surface area contributed by atoms with Crippen molar-refractivity contribution in [3.63, 3.8) is 0 Å². The Morgan fingerprint density at radius 3 is 2.06 bits per heavy atom. The molecule has 1 aromatic heterocycles. The van der Waals surface area contributed by atoms with Gasteiger partial charge in [-0.3, -0.25) is 0 Å². The van der Waals surface area contributed by atoms with Crippen LogP contribution in [0.1, 0.15) is 11.5 Å². The molecule has 0 spiro atoms. The maximum Gasteiger partial charge on any atom is 0.128 e. The zero-order valence-electron chi connectivity index (χ0n) is 26.6. The Morgan fingerprint density at radius 2 is 1.18 bits per heavy atom. The minimum Gasteiger partial charge on any atom is -0.485 e. The summed E-state index contributed by atoms with van der Waals surface area (Å²) in [5, 5.41) is 5.23. The van der Waals surface area contributed by atoms with Crippen LogP contribution in [0, 0.1) is 0 Å². The Morgan fingerprint density at radius 1 is 0.490 bits per heavy atom. The Labute approximate surface area is 284 Å². The molecule has 0 saturated heterocycles. The molecule has 0 fully saturated rings. The van der Waals surface area contributed by atoms with Crippen molar-refractivity contribution >= 4 is 49.6 Å². The Kier molecular flexibility index (Phi) is 5.50. The summed E-state index contributed by atoms with van der Waals surface area (Å²) in [6.07, 6.45) is 8.68. The first kappa shape index (κ1) is 26.7. The molecular weight excluding hydrogens is 597 g/mol. The lowest BCUT2D eigenvalue weighted by molar-refractivity contribution is 0.269. The van der Waals surface area contributed by atoms with Crippen LogP contribution in [0.2, 0.25) is 0 Å². The van der Waals surface area contributed by atoms with Crippen molar-refractivity contribution < 1.29 is 4.74 Å². The van der Waals surface area contributed by atoms with Gasteiger partial charge in [0.2, 0.25) is 0 Å². The molecule has 3 aliphatic rings. The van der Waals surface area contributed by atoms with Crippen LogP contribution in [0.25, 0.3) is 60.5 Å². The van der Waals surface area contributed by atoms with Crippen molar-refractivity contribution in [2.45, 2.75) is 12.0 Å². The molecule has 0 bridgehead atoms. The molecule has 2 heterocycles. The van der Waals surface area contributed by atoms with E-state index >= 15 is 0 Å². The molecule has 0 radical (unpaired) electrons. The second-order valence-electron chi connectivity index (χ2n) is 13.2. The predicted molar refractivity (Wildman–Crippen MR) is 203 cm³/mol. The van der Waals surface area contributed by atoms with Gasteiger partial charge in [-0.05, 0) is 99.8 Å². The summed E-state index contributed by atoms with van der Waals surface area (Å²) in [6, 6.07) is 53.3. The highest BCUT2D eigenvalue weighted by atomic mass is 16.5. The van der Waals surface area contributed by atoms with Gasteiger partial charge in [0.25, 0.3) is 0 Å². The summed E-state index contributed by atoms with van der Waals surface area (Å²) in [5.41, 5.74) is 13.3. The van der Waals surface area contributed by atoms with Gasteiger partial charge in [0.05, 0.1) is 11.0 Å². The van der Waals surface area contributed by atoms with Gasteiger partial charge in [0.15, 0.2) is 0 Å². The first-order valence-electron chi connectivity index (χ1n) is 17.0. The standard InChI is InChI=1S/C46H30N2O/c1-2-12-30(13-3-1)47(33-24-26-43-39(28-33)36-18-6-7-22-42(36)49-43)31-14-9-15-32(27-31)48-40-21-10-20-38-35-17-5-4-16-34(35)37-19-8-11-29-23-25-41(48)46(44(29)37)45(38)40/h1-28,36,42H. The maximum absolute atomic E-state index is 6.32. The number of benzene rings is 7. The second-order valence-corrected chi connectivity index (χ2v) is 13.2. The van der Waals surface area contributed by atoms with E-state index in [-0.39, 0.29) is 12.0 Å². The van der Waals surface area contributed by atoms with Crippen LogP contribution in [0.15, 0.2) is 170 Å². The lowest BCUT2D eigenvalue weighted by atomic mass is 9.91. The van der Waals surface area contributed by atoms with E-state index < -0.39 is 0 Å². The van der Waals surface area contributed by atoms with E-state index in [1.165, 1.54) is 60.4 Å². The zero-order chi connectivity index (χ0) is 32.1. The topological polar surface area (TPSA) is 17.4 Å². The third-order valence-electron chi connectivity index (χ3n) is 10.6. The lowest BCUT2D eigenvalue weighted by Gasteiger charge is -2.27. The van der Waals surface area contributed by atoms with Gasteiger partial charge in [-0.15, -0.1) is 0 Å². The van der Waals surface area contributed by atoms with Crippen LogP contribution in [-0.2, 0) is 0 Å². The fourth-order valence-electron chi connectivity index (χ4n) is 8.57. The van der Waals surface area contributed by atoms with Gasteiger partial charge in [0, 0.05) is 45.0 Å². The van der Waals surface area contributed by atoms with Gasteiger partial charge < -0.3 is 14.2 Å². The molecule has 3 nitrogen and oxygen atoms in total. The van der Waals surface area contributed by atoms with Gasteiger partial charge in [-0.25, -0.2) is 0 Å². The van der Waals surface area contributed by atoms with E-state index in [1.54, 1.807) is 0 Å². The van der Waals surface area contributed by atoms with E-state index in [9.17, 15) is 0 Å². The molecule has 0 saturated carbocycles. The van der Waals surface area contributed by atoms with Crippen molar-refractivity contribution in [3.05, 3.63) is 175 Å². The van der Waals surface area contributed by atoms with Crippen LogP contribution in [0.4, 0.5) is 17.1 Å². The van der Waals surface area contributed by atoms with Crippen LogP contribution in [-0.4, -0.2) is 10.7 Å². The van der Waals surface area contributed by atoms with Crippen molar-refractivity contribution in [1.29, 1.82) is 0 Å². The number of ether oxygens (including phenoxy) is 1. The number of hydrogen-bond acceptors (Lipinski definition) is 2. The van der Waals surface area contributed by atoms with Crippen molar-refractivity contribution in [1.82, 2.24) is 4.57 Å². The Bertz CT molecular complexity index is 2720. The third-order valence-corrected chi connectivity index (χ3v) is 10.6. The largest absolute Gasteiger partial charge is 0.485 e. The van der Waals surface area contributed by atoms with Crippen LogP contribution >= 0.6 is 0 Å². The number of para-hydroxylation sites is 1. The van der Waals surface area contributed by atoms with Crippen LogP contribution in [0.5, 0.6) is 5.75 Å². The lowest BCUT2D eigenvalue weighted by Crippen LogP contribution is -2.15. The molecule has 230 valence electrons. The monoisotopic (exact) mass is 626 g/mol. The fourth-order valence-corrected chi connectivity index (χ4v) is 8.57. The smallest absolute Gasteiger partial charge is 0.128 e. The number of anilines is 3. The number of rotatable bonds is 4. The van der Waals surface area contributed by atoms with Crippen LogP contribution < -0.4 is 9.64 Å². The SMILES string of the molecule is C1=CC2Oc3ccc(N(c4ccccc4)c4cccc(-n5c6cccc7c6c6c8c(cccc8ccc65)-c5ccccc5-7)c4)cc3C2C=C1. The third kappa shape index (κ3) is 3.78. The minimum atomic E-state index is 0.0550. The summed E-state index contributed by atoms with van der Waals surface area (Å²) < 4.78 is 8.79. The average Bonchev–Trinajstić information content (AvgIpc) is 3.67. The van der Waals surface area contributed by atoms with E-state index in [2.05, 4.69) is 179 Å². The van der Waals surface area contributed by atoms with E-state index in [4.69, 9.17) is 4.74 Å². The predicted octanol–water partition coefficient (Wildman–Crippen LogP) is 12.0. The molecule has 2 aliphatic carbocycles. The van der Waals surface area contributed by atoms with Gasteiger partial charge >= 0.3 is 0 Å². The summed E-state index contributed by atoms with van der Waals surface area (Å²) in [7, 11) is 0. The number of aromatic nitrogens is 1. The average molecular weight is 627 g/mol. The molecule has 2 unspecified atom stereocenters. The van der Waals surface area contributed by atoms with E-state index in [1.807, 2.05) is 0 Å². The fraction of sp³-hybridized carbons (Fsp3) is 0.0435. The molecule has 8 aromatic rings. The van der Waals surface area contributed by atoms with Gasteiger partial charge in [0.1, 0.15) is 11.9 Å². The van der Waals surface area contributed by atoms with Crippen molar-refractivity contribution in [2.75, 3.05) is 4.90 Å². The van der Waals surface area contributed by atoms with Gasteiger partial charge in [-0.2, -0.15) is 0 Å². The molecule has 2 atom stereocenters.